The fourth-order valence-corrected chi connectivity index (χ4v) is 2.75. The fraction of sp³-hybridized carbons (Fsp3) is 0.562. The predicted molar refractivity (Wildman–Crippen MR) is 81.8 cm³/mol. The van der Waals surface area contributed by atoms with Gasteiger partial charge in [-0.15, -0.1) is 0 Å². The van der Waals surface area contributed by atoms with Crippen molar-refractivity contribution in [2.24, 2.45) is 0 Å². The molecule has 23 heavy (non-hydrogen) atoms. The number of esters is 1. The molecular weight excluding hydrogens is 302 g/mol. The Labute approximate surface area is 134 Å². The number of carbonyl (C=O) groups excluding carboxylic acids is 1. The van der Waals surface area contributed by atoms with Crippen molar-refractivity contribution >= 4 is 5.97 Å². The molecule has 1 aromatic carbocycles. The van der Waals surface area contributed by atoms with Crippen molar-refractivity contribution in [1.82, 2.24) is 5.32 Å². The summed E-state index contributed by atoms with van der Waals surface area (Å²) >= 11 is 0. The van der Waals surface area contributed by atoms with Gasteiger partial charge < -0.3 is 30.5 Å². The van der Waals surface area contributed by atoms with Gasteiger partial charge in [0.1, 0.15) is 12.2 Å². The van der Waals surface area contributed by atoms with Gasteiger partial charge in [0.05, 0.1) is 30.4 Å². The number of aliphatic hydroxyl groups excluding tert-OH is 4. The van der Waals surface area contributed by atoms with Crippen LogP contribution in [0.15, 0.2) is 30.3 Å². The van der Waals surface area contributed by atoms with Crippen LogP contribution in [0.3, 0.4) is 0 Å². The second-order valence-corrected chi connectivity index (χ2v) is 5.80. The summed E-state index contributed by atoms with van der Waals surface area (Å²) in [4.78, 5) is 11.8. The van der Waals surface area contributed by atoms with Gasteiger partial charge in [-0.3, -0.25) is 0 Å². The van der Waals surface area contributed by atoms with Gasteiger partial charge in [0.15, 0.2) is 0 Å². The highest BCUT2D eigenvalue weighted by atomic mass is 16.5. The number of carbonyl (C=O) groups is 1. The molecule has 5 N–H and O–H groups in total. The van der Waals surface area contributed by atoms with Gasteiger partial charge in [0.2, 0.25) is 0 Å². The Morgan fingerprint density at radius 2 is 1.96 bits per heavy atom. The number of rotatable bonds is 6. The van der Waals surface area contributed by atoms with E-state index in [9.17, 15) is 25.2 Å². The Morgan fingerprint density at radius 3 is 2.61 bits per heavy atom. The quantitative estimate of drug-likeness (QED) is 0.338. The van der Waals surface area contributed by atoms with Crippen LogP contribution < -0.4 is 5.32 Å². The minimum Gasteiger partial charge on any atom is -0.462 e. The highest BCUT2D eigenvalue weighted by Crippen LogP contribution is 2.25. The average Bonchev–Trinajstić information content (AvgIpc) is 2.59. The Kier molecular flexibility index (Phi) is 6.09. The third kappa shape index (κ3) is 4.07. The Balaban J connectivity index is 1.83. The number of benzene rings is 1. The molecule has 1 aromatic rings. The molecule has 128 valence electrons. The lowest BCUT2D eigenvalue weighted by Crippen LogP contribution is -2.69. The number of hydrogen-bond acceptors (Lipinski definition) is 7. The van der Waals surface area contributed by atoms with Crippen LogP contribution in [0.4, 0.5) is 0 Å². The first kappa shape index (κ1) is 17.8. The van der Waals surface area contributed by atoms with Gasteiger partial charge in [-0.05, 0) is 25.0 Å². The van der Waals surface area contributed by atoms with Crippen LogP contribution in [0, 0.1) is 0 Å². The first-order chi connectivity index (χ1) is 11.0. The molecule has 0 unspecified atom stereocenters. The average molecular weight is 325 g/mol. The maximum Gasteiger partial charge on any atom is 0.338 e. The van der Waals surface area contributed by atoms with E-state index < -0.39 is 36.4 Å². The SMILES string of the molecule is O=C(OCCC[C@]1(CO)NC[C@H](O)[C@@H](O)[C@@H]1O)c1ccccc1. The number of aliphatic hydroxyl groups is 4. The summed E-state index contributed by atoms with van der Waals surface area (Å²) in [6.45, 7) is -0.199. The van der Waals surface area contributed by atoms with Gasteiger partial charge in [0.25, 0.3) is 0 Å². The van der Waals surface area contributed by atoms with E-state index in [4.69, 9.17) is 4.74 Å². The Hall–Kier alpha value is -1.51. The van der Waals surface area contributed by atoms with Crippen molar-refractivity contribution < 1.29 is 30.0 Å². The summed E-state index contributed by atoms with van der Waals surface area (Å²) < 4.78 is 5.15. The summed E-state index contributed by atoms with van der Waals surface area (Å²) in [6.07, 6.45) is -3.03. The number of piperidine rings is 1. The van der Waals surface area contributed by atoms with Gasteiger partial charge in [0, 0.05) is 6.54 Å². The second kappa shape index (κ2) is 7.85. The smallest absolute Gasteiger partial charge is 0.338 e. The molecule has 0 saturated carbocycles. The first-order valence-electron chi connectivity index (χ1n) is 7.62. The highest BCUT2D eigenvalue weighted by molar-refractivity contribution is 5.89. The summed E-state index contributed by atoms with van der Waals surface area (Å²) in [5.41, 5.74) is -0.656. The highest BCUT2D eigenvalue weighted by Gasteiger charge is 2.47. The molecule has 0 bridgehead atoms. The van der Waals surface area contributed by atoms with Gasteiger partial charge in [-0.2, -0.15) is 0 Å². The van der Waals surface area contributed by atoms with E-state index in [1.807, 2.05) is 0 Å². The van der Waals surface area contributed by atoms with Crippen LogP contribution in [-0.2, 0) is 4.74 Å². The molecule has 0 aromatic heterocycles. The van der Waals surface area contributed by atoms with E-state index >= 15 is 0 Å². The lowest BCUT2D eigenvalue weighted by molar-refractivity contribution is -0.136. The van der Waals surface area contributed by atoms with Crippen LogP contribution in [0.5, 0.6) is 0 Å². The Morgan fingerprint density at radius 1 is 1.26 bits per heavy atom. The van der Waals surface area contributed by atoms with Crippen LogP contribution in [0.2, 0.25) is 0 Å². The summed E-state index contributed by atoms with van der Waals surface area (Å²) in [5, 5.41) is 41.9. The number of β-amino-alcohol motifs (C(OH)–C–C–N with tert-alkyl or cyclic N) is 1. The molecule has 2 rings (SSSR count). The van der Waals surface area contributed by atoms with Crippen LogP contribution in [-0.4, -0.2) is 70.0 Å². The maximum atomic E-state index is 11.8. The zero-order valence-electron chi connectivity index (χ0n) is 12.8. The minimum atomic E-state index is -1.32. The fourth-order valence-electron chi connectivity index (χ4n) is 2.75. The van der Waals surface area contributed by atoms with Gasteiger partial charge in [-0.25, -0.2) is 4.79 Å². The van der Waals surface area contributed by atoms with Crippen molar-refractivity contribution in [3.63, 3.8) is 0 Å². The normalized spacial score (nSPS) is 30.9. The summed E-state index contributed by atoms with van der Waals surface area (Å²) in [5.74, 6) is -0.434. The second-order valence-electron chi connectivity index (χ2n) is 5.80. The van der Waals surface area contributed by atoms with Crippen molar-refractivity contribution in [2.45, 2.75) is 36.7 Å². The lowest BCUT2D eigenvalue weighted by Gasteiger charge is -2.45. The van der Waals surface area contributed by atoms with Gasteiger partial charge >= 0.3 is 5.97 Å². The third-order valence-electron chi connectivity index (χ3n) is 4.24. The largest absolute Gasteiger partial charge is 0.462 e. The minimum absolute atomic E-state index is 0.0720. The zero-order valence-corrected chi connectivity index (χ0v) is 12.8. The lowest BCUT2D eigenvalue weighted by atomic mass is 9.80. The molecule has 1 saturated heterocycles. The summed E-state index contributed by atoms with van der Waals surface area (Å²) in [7, 11) is 0. The van der Waals surface area contributed by atoms with Crippen LogP contribution in [0.1, 0.15) is 23.2 Å². The van der Waals surface area contributed by atoms with E-state index in [0.29, 0.717) is 12.0 Å². The van der Waals surface area contributed by atoms with E-state index in [2.05, 4.69) is 5.32 Å². The molecule has 1 aliphatic heterocycles. The summed E-state index contributed by atoms with van der Waals surface area (Å²) in [6, 6.07) is 8.60. The molecule has 0 spiro atoms. The monoisotopic (exact) mass is 325 g/mol. The Bertz CT molecular complexity index is 511. The molecule has 1 fully saturated rings. The number of ether oxygens (including phenoxy) is 1. The molecular formula is C16H23NO6. The third-order valence-corrected chi connectivity index (χ3v) is 4.24. The molecule has 0 aliphatic carbocycles. The van der Waals surface area contributed by atoms with E-state index in [-0.39, 0.29) is 19.6 Å². The zero-order chi connectivity index (χ0) is 16.9. The molecule has 7 nitrogen and oxygen atoms in total. The molecule has 0 radical (unpaired) electrons. The van der Waals surface area contributed by atoms with Crippen molar-refractivity contribution in [1.29, 1.82) is 0 Å². The van der Waals surface area contributed by atoms with Crippen molar-refractivity contribution in [3.8, 4) is 0 Å². The van der Waals surface area contributed by atoms with E-state index in [0.717, 1.165) is 0 Å². The molecule has 1 aliphatic rings. The first-order valence-corrected chi connectivity index (χ1v) is 7.62. The van der Waals surface area contributed by atoms with E-state index in [1.165, 1.54) is 0 Å². The van der Waals surface area contributed by atoms with E-state index in [1.54, 1.807) is 30.3 Å². The predicted octanol–water partition coefficient (Wildman–Crippen LogP) is -0.959. The van der Waals surface area contributed by atoms with Crippen LogP contribution in [0.25, 0.3) is 0 Å². The van der Waals surface area contributed by atoms with Gasteiger partial charge in [-0.1, -0.05) is 18.2 Å². The van der Waals surface area contributed by atoms with Crippen molar-refractivity contribution in [3.05, 3.63) is 35.9 Å². The molecule has 7 heteroatoms. The van der Waals surface area contributed by atoms with Crippen LogP contribution >= 0.6 is 0 Å². The molecule has 1 heterocycles. The molecule has 4 atom stereocenters. The number of nitrogens with one attached hydrogen (secondary N) is 1. The standard InChI is InChI=1S/C16H23NO6/c18-10-16(14(21)13(20)12(19)9-17-16)7-4-8-23-15(22)11-5-2-1-3-6-11/h1-3,5-6,12-14,17-21H,4,7-10H2/t12-,13+,14-,16+/m0/s1. The maximum absolute atomic E-state index is 11.8. The number of hydrogen-bond donors (Lipinski definition) is 5. The topological polar surface area (TPSA) is 119 Å². The molecule has 0 amide bonds. The van der Waals surface area contributed by atoms with Crippen molar-refractivity contribution in [2.75, 3.05) is 19.8 Å².